The Kier molecular flexibility index (Phi) is 5.10. The predicted molar refractivity (Wildman–Crippen MR) is 94.7 cm³/mol. The third-order valence-corrected chi connectivity index (χ3v) is 8.10. The highest BCUT2D eigenvalue weighted by Crippen LogP contribution is 2.62. The van der Waals surface area contributed by atoms with Gasteiger partial charge in [-0.3, -0.25) is 0 Å². The predicted octanol–water partition coefficient (Wildman–Crippen LogP) is 1.22. The van der Waals surface area contributed by atoms with Gasteiger partial charge >= 0.3 is 0 Å². The maximum atomic E-state index is 10.5. The first-order valence-electron chi connectivity index (χ1n) is 9.67. The van der Waals surface area contributed by atoms with E-state index in [1.165, 1.54) is 5.57 Å². The molecule has 0 aromatic rings. The molecule has 0 aromatic carbocycles. The Morgan fingerprint density at radius 3 is 2.40 bits per heavy atom. The van der Waals surface area contributed by atoms with Crippen molar-refractivity contribution in [2.45, 2.75) is 64.1 Å². The Balaban J connectivity index is 1.88. The number of hydrogen-bond acceptors (Lipinski definition) is 5. The standard InChI is InChI=1S/C20H34O5/c1-18-8-7-17(24)19(2,10-21)16(18)6-3-13-9-14(4-5-15(13)18)20(25,11-22)12-23/h3,14-17,21-25H,4-12H2,1-2H3/t14-,15-,16+,17-,18+,19-/m0/s1. The van der Waals surface area contributed by atoms with E-state index in [1.54, 1.807) is 0 Å². The Bertz CT molecular complexity index is 528. The lowest BCUT2D eigenvalue weighted by Gasteiger charge is -2.60. The molecule has 144 valence electrons. The minimum absolute atomic E-state index is 0.00170. The van der Waals surface area contributed by atoms with Gasteiger partial charge in [0, 0.05) is 5.41 Å². The summed E-state index contributed by atoms with van der Waals surface area (Å²) in [6.07, 6.45) is 6.69. The zero-order valence-electron chi connectivity index (χ0n) is 15.5. The summed E-state index contributed by atoms with van der Waals surface area (Å²) in [5, 5.41) is 50.1. The highest BCUT2D eigenvalue weighted by Gasteiger charge is 2.58. The highest BCUT2D eigenvalue weighted by atomic mass is 16.4. The second kappa shape index (κ2) is 6.61. The largest absolute Gasteiger partial charge is 0.396 e. The smallest absolute Gasteiger partial charge is 0.114 e. The molecule has 0 aliphatic heterocycles. The van der Waals surface area contributed by atoms with E-state index in [0.29, 0.717) is 18.8 Å². The fraction of sp³-hybridized carbons (Fsp3) is 0.900. The zero-order valence-corrected chi connectivity index (χ0v) is 15.5. The number of hydrogen-bond donors (Lipinski definition) is 5. The van der Waals surface area contributed by atoms with Crippen LogP contribution in [0.15, 0.2) is 11.6 Å². The van der Waals surface area contributed by atoms with Crippen molar-refractivity contribution in [3.8, 4) is 0 Å². The summed E-state index contributed by atoms with van der Waals surface area (Å²) in [6, 6.07) is 0. The van der Waals surface area contributed by atoms with Crippen LogP contribution in [0.4, 0.5) is 0 Å². The van der Waals surface area contributed by atoms with Gasteiger partial charge in [0.15, 0.2) is 0 Å². The van der Waals surface area contributed by atoms with Gasteiger partial charge in [-0.15, -0.1) is 0 Å². The minimum Gasteiger partial charge on any atom is -0.396 e. The molecule has 0 heterocycles. The van der Waals surface area contributed by atoms with Crippen molar-refractivity contribution in [1.82, 2.24) is 0 Å². The maximum absolute atomic E-state index is 10.5. The SMILES string of the molecule is C[C@]1(CO)[C@@H]2CC=C3C[C@@H](C(O)(CO)CO)CC[C@@H]3[C@@]2(C)CC[C@@H]1O. The molecule has 0 bridgehead atoms. The topological polar surface area (TPSA) is 101 Å². The molecule has 3 aliphatic carbocycles. The van der Waals surface area contributed by atoms with E-state index in [0.717, 1.165) is 25.7 Å². The van der Waals surface area contributed by atoms with Gasteiger partial charge in [-0.2, -0.15) is 0 Å². The van der Waals surface area contributed by atoms with Gasteiger partial charge in [0.05, 0.1) is 25.9 Å². The van der Waals surface area contributed by atoms with E-state index in [4.69, 9.17) is 0 Å². The average molecular weight is 354 g/mol. The van der Waals surface area contributed by atoms with Gasteiger partial charge in [0.1, 0.15) is 5.60 Å². The van der Waals surface area contributed by atoms with Gasteiger partial charge in [-0.1, -0.05) is 25.5 Å². The lowest BCUT2D eigenvalue weighted by molar-refractivity contribution is -0.152. The summed E-state index contributed by atoms with van der Waals surface area (Å²) in [6.45, 7) is 3.49. The van der Waals surface area contributed by atoms with E-state index in [1.807, 2.05) is 6.92 Å². The highest BCUT2D eigenvalue weighted by molar-refractivity contribution is 5.24. The maximum Gasteiger partial charge on any atom is 0.114 e. The molecule has 25 heavy (non-hydrogen) atoms. The first-order valence-corrected chi connectivity index (χ1v) is 9.67. The number of allylic oxidation sites excluding steroid dienone is 2. The van der Waals surface area contributed by atoms with Gasteiger partial charge < -0.3 is 25.5 Å². The van der Waals surface area contributed by atoms with Crippen LogP contribution in [0.3, 0.4) is 0 Å². The monoisotopic (exact) mass is 354 g/mol. The third kappa shape index (κ3) is 2.79. The van der Waals surface area contributed by atoms with Crippen molar-refractivity contribution in [3.63, 3.8) is 0 Å². The number of aliphatic hydroxyl groups is 5. The van der Waals surface area contributed by atoms with Gasteiger partial charge in [-0.25, -0.2) is 0 Å². The molecule has 6 atom stereocenters. The summed E-state index contributed by atoms with van der Waals surface area (Å²) >= 11 is 0. The van der Waals surface area contributed by atoms with Crippen molar-refractivity contribution in [2.24, 2.45) is 28.6 Å². The molecule has 3 rings (SSSR count). The lowest BCUT2D eigenvalue weighted by atomic mass is 9.45. The van der Waals surface area contributed by atoms with Crippen LogP contribution in [0.25, 0.3) is 0 Å². The molecular weight excluding hydrogens is 320 g/mol. The Hall–Kier alpha value is -0.460. The second-order valence-corrected chi connectivity index (χ2v) is 9.24. The van der Waals surface area contributed by atoms with Crippen molar-refractivity contribution in [1.29, 1.82) is 0 Å². The van der Waals surface area contributed by atoms with Gasteiger partial charge in [0.25, 0.3) is 0 Å². The number of rotatable bonds is 4. The molecule has 0 saturated heterocycles. The zero-order chi connectivity index (χ0) is 18.5. The van der Waals surface area contributed by atoms with Gasteiger partial charge in [0.2, 0.25) is 0 Å². The molecule has 5 nitrogen and oxygen atoms in total. The van der Waals surface area contributed by atoms with E-state index in [-0.39, 0.29) is 23.9 Å². The van der Waals surface area contributed by atoms with Crippen LogP contribution in [0, 0.1) is 28.6 Å². The van der Waals surface area contributed by atoms with Crippen molar-refractivity contribution < 1.29 is 25.5 Å². The average Bonchev–Trinajstić information content (AvgIpc) is 2.64. The van der Waals surface area contributed by atoms with E-state index >= 15 is 0 Å². The molecule has 3 aliphatic rings. The summed E-state index contributed by atoms with van der Waals surface area (Å²) in [5.74, 6) is 0.514. The molecule has 0 radical (unpaired) electrons. The van der Waals surface area contributed by atoms with E-state index in [2.05, 4.69) is 13.0 Å². The molecule has 0 aromatic heterocycles. The van der Waals surface area contributed by atoms with Crippen molar-refractivity contribution in [3.05, 3.63) is 11.6 Å². The van der Waals surface area contributed by atoms with E-state index in [9.17, 15) is 25.5 Å². The second-order valence-electron chi connectivity index (χ2n) is 9.24. The molecule has 5 heteroatoms. The fourth-order valence-corrected chi connectivity index (χ4v) is 6.21. The van der Waals surface area contributed by atoms with Crippen LogP contribution < -0.4 is 0 Å². The molecular formula is C20H34O5. The first-order chi connectivity index (χ1) is 11.7. The summed E-state index contributed by atoms with van der Waals surface area (Å²) in [7, 11) is 0. The number of fused-ring (bicyclic) bond motifs is 3. The Morgan fingerprint density at radius 1 is 1.12 bits per heavy atom. The molecule has 0 unspecified atom stereocenters. The van der Waals surface area contributed by atoms with Crippen molar-refractivity contribution in [2.75, 3.05) is 19.8 Å². The van der Waals surface area contributed by atoms with E-state index < -0.39 is 30.3 Å². The molecule has 5 N–H and O–H groups in total. The van der Waals surface area contributed by atoms with Crippen molar-refractivity contribution >= 4 is 0 Å². The Labute approximate surface area is 150 Å². The van der Waals surface area contributed by atoms with Crippen LogP contribution in [-0.4, -0.2) is 57.1 Å². The van der Waals surface area contributed by atoms with Crippen LogP contribution in [0.2, 0.25) is 0 Å². The normalized spacial score (nSPS) is 44.7. The molecule has 0 spiro atoms. The molecule has 0 amide bonds. The van der Waals surface area contributed by atoms with Crippen LogP contribution in [0.5, 0.6) is 0 Å². The van der Waals surface area contributed by atoms with Crippen LogP contribution in [0.1, 0.15) is 52.4 Å². The molecule has 2 saturated carbocycles. The van der Waals surface area contributed by atoms with Crippen LogP contribution >= 0.6 is 0 Å². The van der Waals surface area contributed by atoms with Gasteiger partial charge in [-0.05, 0) is 61.7 Å². The lowest BCUT2D eigenvalue weighted by Crippen LogP contribution is -2.58. The first kappa shape index (κ1) is 19.3. The summed E-state index contributed by atoms with van der Waals surface area (Å²) < 4.78 is 0. The third-order valence-electron chi connectivity index (χ3n) is 8.10. The summed E-state index contributed by atoms with van der Waals surface area (Å²) in [5.41, 5.74) is -0.510. The fourth-order valence-electron chi connectivity index (χ4n) is 6.21. The molecule has 2 fully saturated rings. The quantitative estimate of drug-likeness (QED) is 0.489. The summed E-state index contributed by atoms with van der Waals surface area (Å²) in [4.78, 5) is 0. The minimum atomic E-state index is -1.41. The van der Waals surface area contributed by atoms with Crippen LogP contribution in [-0.2, 0) is 0 Å². The number of aliphatic hydroxyl groups excluding tert-OH is 4. The Morgan fingerprint density at radius 2 is 1.80 bits per heavy atom.